The van der Waals surface area contributed by atoms with Crippen LogP contribution in [0, 0.1) is 0 Å². The third-order valence-corrected chi connectivity index (χ3v) is 2.92. The Morgan fingerprint density at radius 3 is 2.53 bits per heavy atom. The summed E-state index contributed by atoms with van der Waals surface area (Å²) in [7, 11) is 0. The third kappa shape index (κ3) is 4.36. The quantitative estimate of drug-likeness (QED) is 0.849. The Morgan fingerprint density at radius 2 is 2.00 bits per heavy atom. The molecule has 0 aliphatic carbocycles. The van der Waals surface area contributed by atoms with Crippen molar-refractivity contribution in [2.45, 2.75) is 38.8 Å². The van der Waals surface area contributed by atoms with Gasteiger partial charge >= 0.3 is 0 Å². The molecule has 0 saturated heterocycles. The molecule has 94 valence electrons. The van der Waals surface area contributed by atoms with E-state index in [-0.39, 0.29) is 11.9 Å². The fraction of sp³-hybridized carbons (Fsp3) is 0.462. The summed E-state index contributed by atoms with van der Waals surface area (Å²) in [6.07, 6.45) is 1.61. The maximum absolute atomic E-state index is 11.7. The molecule has 0 heterocycles. The Balaban J connectivity index is 2.57. The van der Waals surface area contributed by atoms with E-state index in [0.717, 1.165) is 12.0 Å². The second-order valence-electron chi connectivity index (χ2n) is 4.18. The molecule has 4 heteroatoms. The minimum Gasteiger partial charge on any atom is -0.348 e. The summed E-state index contributed by atoms with van der Waals surface area (Å²) >= 11 is 5.81. The smallest absolute Gasteiger partial charge is 0.237 e. The van der Waals surface area contributed by atoms with Gasteiger partial charge in [0.1, 0.15) is 0 Å². The average Bonchev–Trinajstić information content (AvgIpc) is 2.30. The summed E-state index contributed by atoms with van der Waals surface area (Å²) in [6.45, 7) is 3.94. The van der Waals surface area contributed by atoms with E-state index in [2.05, 4.69) is 5.32 Å². The standard InChI is InChI=1S/C13H19ClN2O/c1-3-4-12(15)13(17)16-9(2)10-5-7-11(14)8-6-10/h5-9,12H,3-4,15H2,1-2H3,(H,16,17)/t9-,12+/m0/s1. The molecule has 1 aromatic carbocycles. The first-order chi connectivity index (χ1) is 8.04. The van der Waals surface area contributed by atoms with Crippen LogP contribution in [0.3, 0.4) is 0 Å². The number of amides is 1. The molecular formula is C13H19ClN2O. The molecule has 0 bridgehead atoms. The van der Waals surface area contributed by atoms with Crippen molar-refractivity contribution in [1.29, 1.82) is 0 Å². The SMILES string of the molecule is CCC[C@@H](N)C(=O)N[C@@H](C)c1ccc(Cl)cc1. The van der Waals surface area contributed by atoms with Gasteiger partial charge in [0.05, 0.1) is 12.1 Å². The molecule has 0 fully saturated rings. The van der Waals surface area contributed by atoms with Gasteiger partial charge in [0.15, 0.2) is 0 Å². The van der Waals surface area contributed by atoms with Crippen LogP contribution in [0.4, 0.5) is 0 Å². The van der Waals surface area contributed by atoms with Crippen LogP contribution in [-0.2, 0) is 4.79 Å². The number of carbonyl (C=O) groups excluding carboxylic acids is 1. The number of carbonyl (C=O) groups is 1. The summed E-state index contributed by atoms with van der Waals surface area (Å²) < 4.78 is 0. The molecule has 1 amide bonds. The molecule has 0 aromatic heterocycles. The second-order valence-corrected chi connectivity index (χ2v) is 4.61. The van der Waals surface area contributed by atoms with Gasteiger partial charge in [-0.25, -0.2) is 0 Å². The Labute approximate surface area is 107 Å². The molecule has 0 aliphatic heterocycles. The third-order valence-electron chi connectivity index (χ3n) is 2.67. The van der Waals surface area contributed by atoms with E-state index in [4.69, 9.17) is 17.3 Å². The number of hydrogen-bond acceptors (Lipinski definition) is 2. The molecule has 0 spiro atoms. The molecule has 1 aromatic rings. The van der Waals surface area contributed by atoms with Gasteiger partial charge < -0.3 is 11.1 Å². The predicted molar refractivity (Wildman–Crippen MR) is 70.9 cm³/mol. The zero-order valence-electron chi connectivity index (χ0n) is 10.2. The van der Waals surface area contributed by atoms with Crippen molar-refractivity contribution in [3.63, 3.8) is 0 Å². The number of nitrogens with two attached hydrogens (primary N) is 1. The fourth-order valence-electron chi connectivity index (χ4n) is 1.60. The molecule has 3 nitrogen and oxygen atoms in total. The first kappa shape index (κ1) is 14.0. The minimum atomic E-state index is -0.422. The second kappa shape index (κ2) is 6.62. The normalized spacial score (nSPS) is 14.1. The van der Waals surface area contributed by atoms with E-state index in [0.29, 0.717) is 11.4 Å². The van der Waals surface area contributed by atoms with Crippen molar-refractivity contribution in [1.82, 2.24) is 5.32 Å². The predicted octanol–water partition coefficient (Wildman–Crippen LogP) is 2.64. The van der Waals surface area contributed by atoms with Crippen molar-refractivity contribution >= 4 is 17.5 Å². The highest BCUT2D eigenvalue weighted by Crippen LogP contribution is 2.16. The van der Waals surface area contributed by atoms with Crippen LogP contribution in [-0.4, -0.2) is 11.9 Å². The lowest BCUT2D eigenvalue weighted by Gasteiger charge is -2.17. The Bertz CT molecular complexity index is 364. The summed E-state index contributed by atoms with van der Waals surface area (Å²) in [5, 5.41) is 3.58. The van der Waals surface area contributed by atoms with E-state index < -0.39 is 6.04 Å². The van der Waals surface area contributed by atoms with E-state index in [1.807, 2.05) is 38.1 Å². The molecular weight excluding hydrogens is 236 g/mol. The Hall–Kier alpha value is -1.06. The van der Waals surface area contributed by atoms with Crippen molar-refractivity contribution < 1.29 is 4.79 Å². The zero-order chi connectivity index (χ0) is 12.8. The van der Waals surface area contributed by atoms with Crippen molar-refractivity contribution in [3.05, 3.63) is 34.9 Å². The van der Waals surface area contributed by atoms with Crippen molar-refractivity contribution in [2.75, 3.05) is 0 Å². The Kier molecular flexibility index (Phi) is 5.45. The number of halogens is 1. The summed E-state index contributed by atoms with van der Waals surface area (Å²) in [5.74, 6) is -0.102. The highest BCUT2D eigenvalue weighted by Gasteiger charge is 2.15. The average molecular weight is 255 g/mol. The maximum Gasteiger partial charge on any atom is 0.237 e. The number of rotatable bonds is 5. The van der Waals surface area contributed by atoms with E-state index in [1.54, 1.807) is 0 Å². The topological polar surface area (TPSA) is 55.1 Å². The highest BCUT2D eigenvalue weighted by molar-refractivity contribution is 6.30. The minimum absolute atomic E-state index is 0.0531. The van der Waals surface area contributed by atoms with Crippen LogP contribution in [0.1, 0.15) is 38.3 Å². The van der Waals surface area contributed by atoms with Gasteiger partial charge in [-0.05, 0) is 31.0 Å². The lowest BCUT2D eigenvalue weighted by atomic mass is 10.1. The maximum atomic E-state index is 11.7. The van der Waals surface area contributed by atoms with Gasteiger partial charge in [-0.1, -0.05) is 37.1 Å². The molecule has 0 unspecified atom stereocenters. The lowest BCUT2D eigenvalue weighted by Crippen LogP contribution is -2.41. The molecule has 0 aliphatic rings. The lowest BCUT2D eigenvalue weighted by molar-refractivity contribution is -0.123. The highest BCUT2D eigenvalue weighted by atomic mass is 35.5. The van der Waals surface area contributed by atoms with E-state index >= 15 is 0 Å². The summed E-state index contributed by atoms with van der Waals surface area (Å²) in [4.78, 5) is 11.7. The molecule has 2 atom stereocenters. The number of benzene rings is 1. The van der Waals surface area contributed by atoms with Gasteiger partial charge in [0.2, 0.25) is 5.91 Å². The van der Waals surface area contributed by atoms with Crippen LogP contribution < -0.4 is 11.1 Å². The van der Waals surface area contributed by atoms with Crippen molar-refractivity contribution in [2.24, 2.45) is 5.73 Å². The van der Waals surface area contributed by atoms with Crippen molar-refractivity contribution in [3.8, 4) is 0 Å². The van der Waals surface area contributed by atoms with Gasteiger partial charge in [-0.15, -0.1) is 0 Å². The fourth-order valence-corrected chi connectivity index (χ4v) is 1.72. The first-order valence-corrected chi connectivity index (χ1v) is 6.23. The van der Waals surface area contributed by atoms with Gasteiger partial charge in [-0.2, -0.15) is 0 Å². The van der Waals surface area contributed by atoms with Gasteiger partial charge in [0.25, 0.3) is 0 Å². The van der Waals surface area contributed by atoms with E-state index in [9.17, 15) is 4.79 Å². The van der Waals surface area contributed by atoms with E-state index in [1.165, 1.54) is 0 Å². The molecule has 0 radical (unpaired) electrons. The molecule has 3 N–H and O–H groups in total. The van der Waals surface area contributed by atoms with Gasteiger partial charge in [0, 0.05) is 5.02 Å². The Morgan fingerprint density at radius 1 is 1.41 bits per heavy atom. The largest absolute Gasteiger partial charge is 0.348 e. The van der Waals surface area contributed by atoms with Crippen LogP contribution >= 0.6 is 11.6 Å². The van der Waals surface area contributed by atoms with Crippen LogP contribution in [0.2, 0.25) is 5.02 Å². The van der Waals surface area contributed by atoms with Crippen LogP contribution in [0.15, 0.2) is 24.3 Å². The summed E-state index contributed by atoms with van der Waals surface area (Å²) in [6, 6.07) is 6.95. The van der Waals surface area contributed by atoms with Gasteiger partial charge in [-0.3, -0.25) is 4.79 Å². The first-order valence-electron chi connectivity index (χ1n) is 5.86. The van der Waals surface area contributed by atoms with Crippen LogP contribution in [0.25, 0.3) is 0 Å². The summed E-state index contributed by atoms with van der Waals surface area (Å²) in [5.41, 5.74) is 6.76. The zero-order valence-corrected chi connectivity index (χ0v) is 11.0. The molecule has 0 saturated carbocycles. The monoisotopic (exact) mass is 254 g/mol. The molecule has 17 heavy (non-hydrogen) atoms. The number of nitrogens with one attached hydrogen (secondary N) is 1. The molecule has 1 rings (SSSR count). The number of hydrogen-bond donors (Lipinski definition) is 2. The van der Waals surface area contributed by atoms with Crippen LogP contribution in [0.5, 0.6) is 0 Å².